The molecule has 5 nitrogen and oxygen atoms in total. The fourth-order valence-corrected chi connectivity index (χ4v) is 2.81. The number of hydrogen-bond donors (Lipinski definition) is 1. The predicted octanol–water partition coefficient (Wildman–Crippen LogP) is 1.08. The van der Waals surface area contributed by atoms with E-state index in [1.807, 2.05) is 4.90 Å². The first-order valence-corrected chi connectivity index (χ1v) is 7.35. The van der Waals surface area contributed by atoms with Crippen LogP contribution in [0.15, 0.2) is 0 Å². The average Bonchev–Trinajstić information content (AvgIpc) is 2.34. The molecular formula is C12H21NO4S. The van der Waals surface area contributed by atoms with Gasteiger partial charge < -0.3 is 14.7 Å². The van der Waals surface area contributed by atoms with Gasteiger partial charge in [0.25, 0.3) is 0 Å². The van der Waals surface area contributed by atoms with Gasteiger partial charge in [-0.15, -0.1) is 11.8 Å². The maximum atomic E-state index is 11.8. The zero-order valence-corrected chi connectivity index (χ0v) is 11.6. The van der Waals surface area contributed by atoms with Crippen molar-refractivity contribution in [1.29, 1.82) is 0 Å². The molecule has 1 fully saturated rings. The molecule has 1 rings (SSSR count). The van der Waals surface area contributed by atoms with Gasteiger partial charge in [0.05, 0.1) is 12.4 Å². The maximum Gasteiger partial charge on any atom is 0.303 e. The lowest BCUT2D eigenvalue weighted by Gasteiger charge is -2.31. The summed E-state index contributed by atoms with van der Waals surface area (Å²) in [6, 6.07) is 0. The second-order valence-electron chi connectivity index (χ2n) is 4.47. The van der Waals surface area contributed by atoms with Crippen LogP contribution in [0.25, 0.3) is 0 Å². The van der Waals surface area contributed by atoms with Crippen molar-refractivity contribution in [2.75, 3.05) is 38.3 Å². The van der Waals surface area contributed by atoms with Crippen LogP contribution >= 0.6 is 11.8 Å². The van der Waals surface area contributed by atoms with E-state index in [1.165, 1.54) is 0 Å². The van der Waals surface area contributed by atoms with Crippen molar-refractivity contribution in [1.82, 2.24) is 4.90 Å². The fourth-order valence-electron chi connectivity index (χ4n) is 2.03. The Morgan fingerprint density at radius 1 is 1.39 bits per heavy atom. The van der Waals surface area contributed by atoms with Crippen molar-refractivity contribution >= 4 is 23.6 Å². The van der Waals surface area contributed by atoms with Crippen molar-refractivity contribution in [3.8, 4) is 0 Å². The second kappa shape index (κ2) is 8.37. The fraction of sp³-hybridized carbons (Fsp3) is 0.833. The molecular weight excluding hydrogens is 254 g/mol. The number of carbonyl (C=O) groups is 2. The summed E-state index contributed by atoms with van der Waals surface area (Å²) in [5, 5.41) is 8.71. The summed E-state index contributed by atoms with van der Waals surface area (Å²) in [5.41, 5.74) is 0. The number of carbonyl (C=O) groups excluding carboxylic acids is 1. The van der Waals surface area contributed by atoms with Gasteiger partial charge in [-0.25, -0.2) is 0 Å². The molecule has 1 amide bonds. The SMILES string of the molecule is COCCSCC(=O)N1CCC(CC(=O)O)CC1. The zero-order chi connectivity index (χ0) is 13.4. The van der Waals surface area contributed by atoms with Crippen molar-refractivity contribution < 1.29 is 19.4 Å². The Bertz CT molecular complexity index is 277. The van der Waals surface area contributed by atoms with Gasteiger partial charge in [0.1, 0.15) is 0 Å². The summed E-state index contributed by atoms with van der Waals surface area (Å²) in [7, 11) is 1.65. The average molecular weight is 275 g/mol. The lowest BCUT2D eigenvalue weighted by Crippen LogP contribution is -2.39. The zero-order valence-electron chi connectivity index (χ0n) is 10.8. The topological polar surface area (TPSA) is 66.8 Å². The molecule has 1 saturated heterocycles. The van der Waals surface area contributed by atoms with Gasteiger partial charge in [0.2, 0.25) is 5.91 Å². The first-order chi connectivity index (χ1) is 8.63. The number of rotatable bonds is 7. The highest BCUT2D eigenvalue weighted by Gasteiger charge is 2.23. The number of aliphatic carboxylic acids is 1. The summed E-state index contributed by atoms with van der Waals surface area (Å²) in [6.45, 7) is 2.06. The number of thioether (sulfide) groups is 1. The van der Waals surface area contributed by atoms with Crippen molar-refractivity contribution in [3.63, 3.8) is 0 Å². The number of carboxylic acid groups (broad SMARTS) is 1. The van der Waals surface area contributed by atoms with E-state index in [0.29, 0.717) is 25.4 Å². The van der Waals surface area contributed by atoms with Crippen molar-refractivity contribution in [3.05, 3.63) is 0 Å². The minimum absolute atomic E-state index is 0.157. The smallest absolute Gasteiger partial charge is 0.303 e. The number of piperidine rings is 1. The molecule has 0 aromatic carbocycles. The highest BCUT2D eigenvalue weighted by Crippen LogP contribution is 2.21. The molecule has 1 aliphatic heterocycles. The van der Waals surface area contributed by atoms with E-state index < -0.39 is 5.97 Å². The van der Waals surface area contributed by atoms with Crippen molar-refractivity contribution in [2.45, 2.75) is 19.3 Å². The van der Waals surface area contributed by atoms with Crippen LogP contribution in [0.5, 0.6) is 0 Å². The molecule has 0 atom stereocenters. The third kappa shape index (κ3) is 5.73. The van der Waals surface area contributed by atoms with E-state index in [0.717, 1.165) is 18.6 Å². The van der Waals surface area contributed by atoms with Gasteiger partial charge in [0, 0.05) is 32.4 Å². The van der Waals surface area contributed by atoms with Gasteiger partial charge in [0.15, 0.2) is 0 Å². The molecule has 18 heavy (non-hydrogen) atoms. The minimum atomic E-state index is -0.741. The van der Waals surface area contributed by atoms with Gasteiger partial charge >= 0.3 is 5.97 Å². The normalized spacial score (nSPS) is 16.8. The molecule has 0 aromatic rings. The predicted molar refractivity (Wildman–Crippen MR) is 70.8 cm³/mol. The molecule has 0 radical (unpaired) electrons. The molecule has 0 aliphatic carbocycles. The quantitative estimate of drug-likeness (QED) is 0.704. The monoisotopic (exact) mass is 275 g/mol. The first-order valence-electron chi connectivity index (χ1n) is 6.19. The molecule has 0 aromatic heterocycles. The summed E-state index contributed by atoms with van der Waals surface area (Å²) in [6.07, 6.45) is 1.84. The van der Waals surface area contributed by atoms with Gasteiger partial charge in [-0.05, 0) is 18.8 Å². The Morgan fingerprint density at radius 2 is 2.06 bits per heavy atom. The van der Waals surface area contributed by atoms with E-state index in [2.05, 4.69) is 0 Å². The molecule has 0 unspecified atom stereocenters. The van der Waals surface area contributed by atoms with Crippen LogP contribution in [0, 0.1) is 5.92 Å². The lowest BCUT2D eigenvalue weighted by atomic mass is 9.94. The van der Waals surface area contributed by atoms with E-state index in [9.17, 15) is 9.59 Å². The van der Waals surface area contributed by atoms with Crippen LogP contribution in [0.2, 0.25) is 0 Å². The number of methoxy groups -OCH3 is 1. The van der Waals surface area contributed by atoms with Gasteiger partial charge in [-0.2, -0.15) is 0 Å². The standard InChI is InChI=1S/C12H21NO4S/c1-17-6-7-18-9-11(14)13-4-2-10(3-5-13)8-12(15)16/h10H,2-9H2,1H3,(H,15,16). The summed E-state index contributed by atoms with van der Waals surface area (Å²) < 4.78 is 4.92. The second-order valence-corrected chi connectivity index (χ2v) is 5.57. The maximum absolute atomic E-state index is 11.8. The van der Waals surface area contributed by atoms with Crippen LogP contribution in [-0.2, 0) is 14.3 Å². The molecule has 1 heterocycles. The molecule has 104 valence electrons. The van der Waals surface area contributed by atoms with Crippen LogP contribution in [0.1, 0.15) is 19.3 Å². The Hall–Kier alpha value is -0.750. The molecule has 1 N–H and O–H groups in total. The number of carboxylic acids is 1. The molecule has 6 heteroatoms. The van der Waals surface area contributed by atoms with Gasteiger partial charge in [-0.1, -0.05) is 0 Å². The Kier molecular flexibility index (Phi) is 7.12. The van der Waals surface area contributed by atoms with Crippen LogP contribution in [0.3, 0.4) is 0 Å². The Balaban J connectivity index is 2.17. The van der Waals surface area contributed by atoms with Gasteiger partial charge in [-0.3, -0.25) is 9.59 Å². The summed E-state index contributed by atoms with van der Waals surface area (Å²) >= 11 is 1.58. The molecule has 0 saturated carbocycles. The number of hydrogen-bond acceptors (Lipinski definition) is 4. The minimum Gasteiger partial charge on any atom is -0.481 e. The first kappa shape index (κ1) is 15.3. The number of ether oxygens (including phenoxy) is 1. The number of nitrogens with zero attached hydrogens (tertiary/aromatic N) is 1. The van der Waals surface area contributed by atoms with E-state index >= 15 is 0 Å². The summed E-state index contributed by atoms with van der Waals surface area (Å²) in [5.74, 6) is 0.970. The third-order valence-corrected chi connectivity index (χ3v) is 3.99. The largest absolute Gasteiger partial charge is 0.481 e. The lowest BCUT2D eigenvalue weighted by molar-refractivity contribution is -0.138. The molecule has 0 spiro atoms. The summed E-state index contributed by atoms with van der Waals surface area (Å²) in [4.78, 5) is 24.3. The van der Waals surface area contributed by atoms with Crippen LogP contribution in [0.4, 0.5) is 0 Å². The molecule has 1 aliphatic rings. The van der Waals surface area contributed by atoms with Crippen LogP contribution < -0.4 is 0 Å². The molecule has 0 bridgehead atoms. The highest BCUT2D eigenvalue weighted by molar-refractivity contribution is 7.99. The van der Waals surface area contributed by atoms with E-state index in [-0.39, 0.29) is 18.2 Å². The highest BCUT2D eigenvalue weighted by atomic mass is 32.2. The number of likely N-dealkylation sites (tertiary alicyclic amines) is 1. The number of amides is 1. The Labute approximate surface area is 112 Å². The van der Waals surface area contributed by atoms with E-state index in [4.69, 9.17) is 9.84 Å². The van der Waals surface area contributed by atoms with E-state index in [1.54, 1.807) is 18.9 Å². The van der Waals surface area contributed by atoms with Crippen LogP contribution in [-0.4, -0.2) is 60.2 Å². The Morgan fingerprint density at radius 3 is 2.61 bits per heavy atom. The third-order valence-electron chi connectivity index (χ3n) is 3.09. The van der Waals surface area contributed by atoms with Crippen molar-refractivity contribution in [2.24, 2.45) is 5.92 Å².